The van der Waals surface area contributed by atoms with Crippen molar-refractivity contribution in [2.24, 2.45) is 5.92 Å². The molecular weight excluding hydrogens is 350 g/mol. The fourth-order valence-electron chi connectivity index (χ4n) is 3.78. The van der Waals surface area contributed by atoms with Crippen molar-refractivity contribution in [3.05, 3.63) is 64.7 Å². The molecule has 26 heavy (non-hydrogen) atoms. The van der Waals surface area contributed by atoms with Crippen LogP contribution in [-0.4, -0.2) is 36.5 Å². The Labute approximate surface area is 157 Å². The van der Waals surface area contributed by atoms with Crippen molar-refractivity contribution >= 4 is 29.2 Å². The zero-order chi connectivity index (χ0) is 18.3. The average molecular weight is 370 g/mol. The van der Waals surface area contributed by atoms with Gasteiger partial charge in [0.05, 0.1) is 16.6 Å². The fourth-order valence-corrected chi connectivity index (χ4v) is 3.98. The van der Waals surface area contributed by atoms with Gasteiger partial charge in [-0.2, -0.15) is 0 Å². The van der Waals surface area contributed by atoms with Gasteiger partial charge in [-0.3, -0.25) is 9.69 Å². The van der Waals surface area contributed by atoms with Gasteiger partial charge in [0, 0.05) is 25.3 Å². The van der Waals surface area contributed by atoms with E-state index < -0.39 is 0 Å². The minimum absolute atomic E-state index is 0.0542. The molecule has 0 bridgehead atoms. The second-order valence-corrected chi connectivity index (χ2v) is 7.25. The zero-order valence-electron chi connectivity index (χ0n) is 14.5. The highest BCUT2D eigenvalue weighted by Crippen LogP contribution is 2.40. The second kappa shape index (κ2) is 6.65. The minimum atomic E-state index is -0.148. The van der Waals surface area contributed by atoms with Crippen molar-refractivity contribution in [2.75, 3.05) is 24.5 Å². The molecule has 2 heterocycles. The number of benzene rings is 2. The summed E-state index contributed by atoms with van der Waals surface area (Å²) in [5.74, 6) is 0.302. The van der Waals surface area contributed by atoms with Gasteiger partial charge in [0.15, 0.2) is 0 Å². The van der Waals surface area contributed by atoms with Gasteiger partial charge in [0.1, 0.15) is 0 Å². The number of halogens is 1. The summed E-state index contributed by atoms with van der Waals surface area (Å²) in [4.78, 5) is 28.5. The number of amides is 3. The van der Waals surface area contributed by atoms with Crippen LogP contribution in [-0.2, 0) is 0 Å². The Bertz CT molecular complexity index is 855. The molecular formula is C20H20ClN3O2. The van der Waals surface area contributed by atoms with E-state index in [-0.39, 0.29) is 18.0 Å². The summed E-state index contributed by atoms with van der Waals surface area (Å²) in [7, 11) is 0. The number of anilines is 1. The highest BCUT2D eigenvalue weighted by Gasteiger charge is 2.40. The van der Waals surface area contributed by atoms with Crippen LogP contribution in [0.2, 0.25) is 5.02 Å². The van der Waals surface area contributed by atoms with E-state index in [1.807, 2.05) is 35.2 Å². The number of nitrogens with zero attached hydrogens (tertiary/aromatic N) is 2. The van der Waals surface area contributed by atoms with Gasteiger partial charge in [0.25, 0.3) is 5.91 Å². The smallest absolute Gasteiger partial charge is 0.321 e. The Kier molecular flexibility index (Phi) is 4.32. The first-order valence-corrected chi connectivity index (χ1v) is 9.15. The molecule has 1 N–H and O–H groups in total. The first-order chi connectivity index (χ1) is 12.6. The van der Waals surface area contributed by atoms with Crippen LogP contribution in [0.1, 0.15) is 28.9 Å². The number of nitrogens with one attached hydrogen (secondary N) is 1. The third-order valence-electron chi connectivity index (χ3n) is 5.11. The molecule has 2 aliphatic rings. The SMILES string of the molecule is CC1CN(C(=O)c2cc(N3CCNC3=O)ccc2Cl)C1c1ccccc1. The molecule has 2 aliphatic heterocycles. The Morgan fingerprint density at radius 2 is 1.96 bits per heavy atom. The lowest BCUT2D eigenvalue weighted by Gasteiger charge is -2.47. The summed E-state index contributed by atoms with van der Waals surface area (Å²) in [6.07, 6.45) is 0. The summed E-state index contributed by atoms with van der Waals surface area (Å²) in [5, 5.41) is 3.18. The van der Waals surface area contributed by atoms with Gasteiger partial charge in [-0.1, -0.05) is 48.9 Å². The van der Waals surface area contributed by atoms with Gasteiger partial charge < -0.3 is 10.2 Å². The molecule has 0 aliphatic carbocycles. The van der Waals surface area contributed by atoms with Gasteiger partial charge in [-0.15, -0.1) is 0 Å². The molecule has 0 aromatic heterocycles. The zero-order valence-corrected chi connectivity index (χ0v) is 15.2. The fraction of sp³-hybridized carbons (Fsp3) is 0.300. The molecule has 2 unspecified atom stereocenters. The maximum atomic E-state index is 13.1. The first kappa shape index (κ1) is 16.9. The summed E-state index contributed by atoms with van der Waals surface area (Å²) in [6, 6.07) is 15.1. The molecule has 134 valence electrons. The van der Waals surface area contributed by atoms with Crippen molar-refractivity contribution in [1.82, 2.24) is 10.2 Å². The number of hydrogen-bond acceptors (Lipinski definition) is 2. The van der Waals surface area contributed by atoms with E-state index in [1.165, 1.54) is 0 Å². The van der Waals surface area contributed by atoms with E-state index in [0.717, 1.165) is 5.56 Å². The van der Waals surface area contributed by atoms with Crippen LogP contribution in [0.5, 0.6) is 0 Å². The van der Waals surface area contributed by atoms with Gasteiger partial charge in [-0.25, -0.2) is 4.79 Å². The molecule has 4 rings (SSSR count). The molecule has 2 aromatic rings. The van der Waals surface area contributed by atoms with Gasteiger partial charge in [-0.05, 0) is 29.7 Å². The molecule has 0 saturated carbocycles. The summed E-state index contributed by atoms with van der Waals surface area (Å²) >= 11 is 6.32. The number of rotatable bonds is 3. The Morgan fingerprint density at radius 3 is 2.62 bits per heavy atom. The molecule has 2 fully saturated rings. The third kappa shape index (κ3) is 2.82. The first-order valence-electron chi connectivity index (χ1n) is 8.77. The van der Waals surface area contributed by atoms with Crippen LogP contribution in [0, 0.1) is 5.92 Å². The Hall–Kier alpha value is -2.53. The standard InChI is InChI=1S/C20H20ClN3O2/c1-13-12-24(18(13)14-5-3-2-4-6-14)19(25)16-11-15(7-8-17(16)21)23-10-9-22-20(23)26/h2-8,11,13,18H,9-10,12H2,1H3,(H,22,26). The van der Waals surface area contributed by atoms with E-state index in [9.17, 15) is 9.59 Å². The van der Waals surface area contributed by atoms with E-state index in [0.29, 0.717) is 41.8 Å². The van der Waals surface area contributed by atoms with Crippen LogP contribution < -0.4 is 10.2 Å². The van der Waals surface area contributed by atoms with Crippen LogP contribution in [0.15, 0.2) is 48.5 Å². The predicted octanol–water partition coefficient (Wildman–Crippen LogP) is 3.70. The van der Waals surface area contributed by atoms with E-state index in [1.54, 1.807) is 23.1 Å². The average Bonchev–Trinajstić information content (AvgIpc) is 3.06. The molecule has 5 nitrogen and oxygen atoms in total. The van der Waals surface area contributed by atoms with Crippen LogP contribution in [0.25, 0.3) is 0 Å². The quantitative estimate of drug-likeness (QED) is 0.896. The Morgan fingerprint density at radius 1 is 1.19 bits per heavy atom. The van der Waals surface area contributed by atoms with Crippen LogP contribution in [0.3, 0.4) is 0 Å². The van der Waals surface area contributed by atoms with E-state index >= 15 is 0 Å². The summed E-state index contributed by atoms with van der Waals surface area (Å²) in [5.41, 5.74) is 2.26. The van der Waals surface area contributed by atoms with E-state index in [4.69, 9.17) is 11.6 Å². The molecule has 2 saturated heterocycles. The van der Waals surface area contributed by atoms with Crippen LogP contribution in [0.4, 0.5) is 10.5 Å². The normalized spacial score (nSPS) is 22.2. The van der Waals surface area contributed by atoms with Crippen molar-refractivity contribution in [3.8, 4) is 0 Å². The van der Waals surface area contributed by atoms with Gasteiger partial charge in [0.2, 0.25) is 0 Å². The highest BCUT2D eigenvalue weighted by molar-refractivity contribution is 6.34. The lowest BCUT2D eigenvalue weighted by atomic mass is 9.84. The molecule has 3 amide bonds. The number of carbonyl (C=O) groups excluding carboxylic acids is 2. The summed E-state index contributed by atoms with van der Waals surface area (Å²) in [6.45, 7) is 4.03. The molecule has 0 radical (unpaired) electrons. The second-order valence-electron chi connectivity index (χ2n) is 6.84. The molecule has 6 heteroatoms. The number of likely N-dealkylation sites (tertiary alicyclic amines) is 1. The van der Waals surface area contributed by atoms with Crippen molar-refractivity contribution in [3.63, 3.8) is 0 Å². The highest BCUT2D eigenvalue weighted by atomic mass is 35.5. The van der Waals surface area contributed by atoms with Crippen molar-refractivity contribution in [1.29, 1.82) is 0 Å². The topological polar surface area (TPSA) is 52.7 Å². The maximum Gasteiger partial charge on any atom is 0.321 e. The molecule has 2 atom stereocenters. The largest absolute Gasteiger partial charge is 0.336 e. The molecule has 0 spiro atoms. The third-order valence-corrected chi connectivity index (χ3v) is 5.44. The number of carbonyl (C=O) groups is 2. The predicted molar refractivity (Wildman–Crippen MR) is 102 cm³/mol. The van der Waals surface area contributed by atoms with Gasteiger partial charge >= 0.3 is 6.03 Å². The van der Waals surface area contributed by atoms with E-state index in [2.05, 4.69) is 12.2 Å². The maximum absolute atomic E-state index is 13.1. The van der Waals surface area contributed by atoms with Crippen molar-refractivity contribution in [2.45, 2.75) is 13.0 Å². The van der Waals surface area contributed by atoms with Crippen LogP contribution >= 0.6 is 11.6 Å². The molecule has 2 aromatic carbocycles. The minimum Gasteiger partial charge on any atom is -0.336 e. The summed E-state index contributed by atoms with van der Waals surface area (Å²) < 4.78 is 0. The number of hydrogen-bond donors (Lipinski definition) is 1. The monoisotopic (exact) mass is 369 g/mol. The number of urea groups is 1. The van der Waals surface area contributed by atoms with Crippen molar-refractivity contribution < 1.29 is 9.59 Å². The lowest BCUT2D eigenvalue weighted by Crippen LogP contribution is -2.51. The Balaban J connectivity index is 1.63. The lowest BCUT2D eigenvalue weighted by molar-refractivity contribution is 0.0198.